The summed E-state index contributed by atoms with van der Waals surface area (Å²) in [6.45, 7) is 0. The fourth-order valence-corrected chi connectivity index (χ4v) is 0.400. The second-order valence-electron chi connectivity index (χ2n) is 0.903. The Morgan fingerprint density at radius 1 is 0.929 bits per heavy atom. The van der Waals surface area contributed by atoms with Crippen LogP contribution in [0.3, 0.4) is 0 Å². The molecule has 12 heteroatoms. The van der Waals surface area contributed by atoms with Gasteiger partial charge in [0, 0.05) is 0 Å². The molecule has 0 saturated carbocycles. The summed E-state index contributed by atoms with van der Waals surface area (Å²) in [5, 5.41) is 15.4. The van der Waals surface area contributed by atoms with E-state index in [9.17, 15) is 13.8 Å². The summed E-state index contributed by atoms with van der Waals surface area (Å²) in [6.07, 6.45) is -3.75. The minimum absolute atomic E-state index is 0. The fourth-order valence-electron chi connectivity index (χ4n) is 0.133. The van der Waals surface area contributed by atoms with Crippen molar-refractivity contribution in [3.05, 3.63) is 0 Å². The molecule has 0 aromatic carbocycles. The van der Waals surface area contributed by atoms with Crippen molar-refractivity contribution in [3.8, 4) is 0 Å². The van der Waals surface area contributed by atoms with Crippen molar-refractivity contribution < 1.29 is 244 Å². The van der Waals surface area contributed by atoms with Crippen molar-refractivity contribution in [2.75, 3.05) is 0 Å². The van der Waals surface area contributed by atoms with Gasteiger partial charge in [-0.1, -0.05) is 0 Å². The molecule has 0 fully saturated rings. The van der Waals surface area contributed by atoms with E-state index in [1.165, 1.54) is 0 Å². The van der Waals surface area contributed by atoms with E-state index in [-0.39, 0.29) is 211 Å². The van der Waals surface area contributed by atoms with Crippen LogP contribution in [-0.4, -0.2) is 26.7 Å². The van der Waals surface area contributed by atoms with E-state index in [0.29, 0.717) is 0 Å². The van der Waals surface area contributed by atoms with Gasteiger partial charge in [-0.25, -0.2) is 9.59 Å². The Morgan fingerprint density at radius 2 is 1.14 bits per heavy atom. The van der Waals surface area contributed by atoms with E-state index in [1.54, 1.807) is 0 Å². The zero-order valence-electron chi connectivity index (χ0n) is 12.3. The van der Waals surface area contributed by atoms with Crippen LogP contribution in [0.4, 0.5) is 9.59 Å². The summed E-state index contributed by atoms with van der Waals surface area (Å²) in [5.74, 6) is 0. The average molecular weight is 331 g/mol. The van der Waals surface area contributed by atoms with Crippen LogP contribution in [0.1, 0.15) is 5.71 Å². The van der Waals surface area contributed by atoms with Crippen LogP contribution in [0.15, 0.2) is 0 Å². The Balaban J connectivity index is -0.0000000145. The number of rotatable bonds is 2. The molecule has 0 aromatic rings. The third-order valence-corrected chi connectivity index (χ3v) is 0.836. The summed E-state index contributed by atoms with van der Waals surface area (Å²) >= 11 is -2.78. The van der Waals surface area contributed by atoms with Crippen molar-refractivity contribution in [3.63, 3.8) is 0 Å². The minimum Gasteiger partial charge on any atom is -1.00 e. The number of hydrogen-bond donors (Lipinski definition) is 2. The van der Waals surface area contributed by atoms with Crippen molar-refractivity contribution in [1.29, 1.82) is 0 Å². The monoisotopic (exact) mass is 330 g/mol. The van der Waals surface area contributed by atoms with E-state index in [0.717, 1.165) is 0 Å². The Hall–Kier alpha value is 5.24. The minimum atomic E-state index is -2.78. The summed E-state index contributed by atoms with van der Waals surface area (Å²) in [7, 11) is 0. The smallest absolute Gasteiger partial charge is 1.00 e. The number of carbonyl (C=O) groups is 2. The van der Waals surface area contributed by atoms with Gasteiger partial charge in [0.25, 0.3) is 0 Å². The maximum Gasteiger partial charge on any atom is 1.00 e. The standard InChI is InChI=1S/C2H2O7S.4K.4H/c3-1(4)8-10(7)9-2(5)6;;;;;;;;/h(H,3,4)(H,5,6);;;;;;;;/q;4*+1;4*-1. The zero-order valence-corrected chi connectivity index (χ0v) is 21.7. The zero-order chi connectivity index (χ0) is 8.15. The molecule has 0 atom stereocenters. The number of hydrogen-bond acceptors (Lipinski definition) is 5. The van der Waals surface area contributed by atoms with E-state index in [2.05, 4.69) is 8.37 Å². The van der Waals surface area contributed by atoms with E-state index >= 15 is 0 Å². The van der Waals surface area contributed by atoms with Gasteiger partial charge < -0.3 is 24.3 Å². The van der Waals surface area contributed by atoms with Crippen LogP contribution in [0, 0.1) is 0 Å². The molecule has 7 nitrogen and oxygen atoms in total. The summed E-state index contributed by atoms with van der Waals surface area (Å²) < 4.78 is 16.7. The SMILES string of the molecule is O=C(O)OS(=O)OC(=O)O.[H-].[H-].[H-].[H-].[K+].[K+].[K+].[K+]. The molecule has 0 heterocycles. The first-order chi connectivity index (χ1) is 4.52. The molecule has 0 radical (unpaired) electrons. The Morgan fingerprint density at radius 3 is 1.29 bits per heavy atom. The third-order valence-electron chi connectivity index (χ3n) is 0.279. The van der Waals surface area contributed by atoms with Crippen LogP contribution in [-0.2, 0) is 19.7 Å². The van der Waals surface area contributed by atoms with Gasteiger partial charge in [0.05, 0.1) is 0 Å². The summed E-state index contributed by atoms with van der Waals surface area (Å²) in [4.78, 5) is 19.0. The molecule has 0 saturated heterocycles. The van der Waals surface area contributed by atoms with E-state index in [1.807, 2.05) is 0 Å². The fraction of sp³-hybridized carbons (Fsp3) is 0. The molecule has 0 aliphatic carbocycles. The summed E-state index contributed by atoms with van der Waals surface area (Å²) in [6, 6.07) is 0. The second kappa shape index (κ2) is 20.6. The van der Waals surface area contributed by atoms with Gasteiger partial charge in [0.15, 0.2) is 0 Å². The Labute approximate surface area is 259 Å². The van der Waals surface area contributed by atoms with Crippen molar-refractivity contribution in [2.24, 2.45) is 0 Å². The van der Waals surface area contributed by atoms with Crippen molar-refractivity contribution >= 4 is 23.7 Å². The predicted octanol–water partition coefficient (Wildman–Crippen LogP) is -11.6. The van der Waals surface area contributed by atoms with Gasteiger partial charge in [0.1, 0.15) is 0 Å². The number of carboxylic acid groups (broad SMARTS) is 2. The molecule has 0 unspecified atom stereocenters. The first-order valence-corrected chi connectivity index (χ1v) is 2.76. The molecule has 0 aliphatic heterocycles. The Kier molecular flexibility index (Phi) is 46.3. The van der Waals surface area contributed by atoms with E-state index in [4.69, 9.17) is 10.2 Å². The van der Waals surface area contributed by atoms with Crippen LogP contribution in [0.2, 0.25) is 0 Å². The van der Waals surface area contributed by atoms with Crippen LogP contribution in [0.25, 0.3) is 0 Å². The van der Waals surface area contributed by atoms with E-state index < -0.39 is 23.7 Å². The first kappa shape index (κ1) is 31.6. The topological polar surface area (TPSA) is 110 Å². The average Bonchev–Trinajstić information content (AvgIpc) is 1.58. The van der Waals surface area contributed by atoms with Crippen LogP contribution < -0.4 is 206 Å². The van der Waals surface area contributed by atoms with Gasteiger partial charge in [-0.3, -0.25) is 0 Å². The molecule has 2 N–H and O–H groups in total. The molecule has 0 aromatic heterocycles. The van der Waals surface area contributed by atoms with Gasteiger partial charge >= 0.3 is 229 Å². The van der Waals surface area contributed by atoms with Gasteiger partial charge in [-0.2, -0.15) is 4.21 Å². The van der Waals surface area contributed by atoms with Gasteiger partial charge in [-0.15, -0.1) is 0 Å². The van der Waals surface area contributed by atoms with Crippen LogP contribution >= 0.6 is 0 Å². The quantitative estimate of drug-likeness (QED) is 0.484. The van der Waals surface area contributed by atoms with Gasteiger partial charge in [0.2, 0.25) is 0 Å². The molecule has 0 bridgehead atoms. The van der Waals surface area contributed by atoms with Crippen LogP contribution in [0.5, 0.6) is 0 Å². The molecule has 66 valence electrons. The summed E-state index contributed by atoms with van der Waals surface area (Å²) in [5.41, 5.74) is 0. The molecule has 0 aliphatic rings. The van der Waals surface area contributed by atoms with Crippen molar-refractivity contribution in [1.82, 2.24) is 0 Å². The normalized spacial score (nSPS) is 6.36. The predicted molar refractivity (Wildman–Crippen MR) is 30.8 cm³/mol. The molecule has 14 heavy (non-hydrogen) atoms. The maximum atomic E-state index is 9.97. The molecule has 0 amide bonds. The van der Waals surface area contributed by atoms with Gasteiger partial charge in [-0.05, 0) is 0 Å². The molecule has 0 rings (SSSR count). The van der Waals surface area contributed by atoms with Crippen molar-refractivity contribution in [2.45, 2.75) is 0 Å². The molecular formula is C2H6K4O7S. The molecule has 0 spiro atoms. The molecular weight excluding hydrogens is 324 g/mol. The largest absolute Gasteiger partial charge is 1.00 e. The third kappa shape index (κ3) is 25.9. The second-order valence-corrected chi connectivity index (χ2v) is 1.64. The maximum absolute atomic E-state index is 9.97. The Bertz CT molecular complexity index is 180. The first-order valence-electron chi connectivity index (χ1n) is 1.76.